The molecule has 0 aromatic heterocycles. The van der Waals surface area contributed by atoms with Gasteiger partial charge in [-0.25, -0.2) is 4.79 Å². The lowest BCUT2D eigenvalue weighted by Crippen LogP contribution is -2.52. The Morgan fingerprint density at radius 3 is 2.79 bits per heavy atom. The third kappa shape index (κ3) is 3.09. The van der Waals surface area contributed by atoms with Crippen molar-refractivity contribution in [1.29, 1.82) is 0 Å². The summed E-state index contributed by atoms with van der Waals surface area (Å²) >= 11 is 0. The Balaban J connectivity index is 1.45. The van der Waals surface area contributed by atoms with Crippen LogP contribution in [0.3, 0.4) is 0 Å². The number of amides is 2. The van der Waals surface area contributed by atoms with Gasteiger partial charge >= 0.3 is 6.03 Å². The lowest BCUT2D eigenvalue weighted by molar-refractivity contribution is -0.0356. The molecule has 24 heavy (non-hydrogen) atoms. The number of aliphatic hydroxyl groups excluding tert-OH is 1. The molecule has 2 aliphatic carbocycles. The maximum atomic E-state index is 12.5. The normalized spacial score (nSPS) is 25.1. The minimum absolute atomic E-state index is 0.00997. The fourth-order valence-electron chi connectivity index (χ4n) is 4.06. The van der Waals surface area contributed by atoms with E-state index in [0.29, 0.717) is 12.3 Å². The summed E-state index contributed by atoms with van der Waals surface area (Å²) < 4.78 is 6.23. The fourth-order valence-corrected chi connectivity index (χ4v) is 4.06. The van der Waals surface area contributed by atoms with Crippen LogP contribution in [-0.2, 0) is 0 Å². The van der Waals surface area contributed by atoms with Crippen molar-refractivity contribution in [2.24, 2.45) is 5.92 Å². The minimum Gasteiger partial charge on any atom is -0.487 e. The Morgan fingerprint density at radius 2 is 2.12 bits per heavy atom. The fraction of sp³-hybridized carbons (Fsp3) is 0.632. The number of nitrogens with one attached hydrogen (secondary N) is 2. The highest BCUT2D eigenvalue weighted by Crippen LogP contribution is 2.48. The molecule has 2 unspecified atom stereocenters. The standard InChI is InChI=1S/C19H26N2O3/c22-11-8-15(13-6-7-13)20-18(23)21-16-12-19(9-3-10-19)24-17-5-2-1-4-14(16)17/h1-2,4-5,13,15-16,22H,3,6-12H2,(H2,20,21,23). The largest absolute Gasteiger partial charge is 0.487 e. The Morgan fingerprint density at radius 1 is 1.33 bits per heavy atom. The first-order valence-electron chi connectivity index (χ1n) is 9.15. The lowest BCUT2D eigenvalue weighted by atomic mass is 9.73. The van der Waals surface area contributed by atoms with Gasteiger partial charge in [0, 0.05) is 24.6 Å². The highest BCUT2D eigenvalue weighted by Gasteiger charge is 2.46. The molecule has 2 fully saturated rings. The molecule has 0 saturated heterocycles. The Kier molecular flexibility index (Phi) is 4.12. The first kappa shape index (κ1) is 15.8. The molecular formula is C19H26N2O3. The number of benzene rings is 1. The van der Waals surface area contributed by atoms with Gasteiger partial charge in [0.25, 0.3) is 0 Å². The quantitative estimate of drug-likeness (QED) is 0.777. The maximum absolute atomic E-state index is 12.5. The molecule has 1 spiro atoms. The van der Waals surface area contributed by atoms with Crippen LogP contribution in [-0.4, -0.2) is 29.4 Å². The molecule has 2 amide bonds. The molecule has 1 heterocycles. The molecule has 1 aliphatic heterocycles. The van der Waals surface area contributed by atoms with Crippen molar-refractivity contribution in [3.05, 3.63) is 29.8 Å². The molecule has 3 aliphatic rings. The van der Waals surface area contributed by atoms with Crippen LogP contribution in [0.25, 0.3) is 0 Å². The van der Waals surface area contributed by atoms with E-state index in [1.807, 2.05) is 24.3 Å². The Bertz CT molecular complexity index is 610. The predicted molar refractivity (Wildman–Crippen MR) is 90.9 cm³/mol. The van der Waals surface area contributed by atoms with E-state index in [1.165, 1.54) is 6.42 Å². The Hall–Kier alpha value is -1.75. The summed E-state index contributed by atoms with van der Waals surface area (Å²) in [6.07, 6.45) is 7.09. The van der Waals surface area contributed by atoms with Gasteiger partial charge in [0.05, 0.1) is 6.04 Å². The van der Waals surface area contributed by atoms with Crippen LogP contribution < -0.4 is 15.4 Å². The van der Waals surface area contributed by atoms with Gasteiger partial charge < -0.3 is 20.5 Å². The van der Waals surface area contributed by atoms with Crippen molar-refractivity contribution >= 4 is 6.03 Å². The molecule has 5 nitrogen and oxygen atoms in total. The van der Waals surface area contributed by atoms with E-state index < -0.39 is 0 Å². The van der Waals surface area contributed by atoms with E-state index in [4.69, 9.17) is 4.74 Å². The topological polar surface area (TPSA) is 70.6 Å². The van der Waals surface area contributed by atoms with Crippen molar-refractivity contribution in [1.82, 2.24) is 10.6 Å². The number of hydrogen-bond acceptors (Lipinski definition) is 3. The summed E-state index contributed by atoms with van der Waals surface area (Å²) in [5.74, 6) is 1.44. The van der Waals surface area contributed by atoms with Crippen molar-refractivity contribution in [2.45, 2.75) is 62.6 Å². The predicted octanol–water partition coefficient (Wildman–Crippen LogP) is 2.89. The third-order valence-corrected chi connectivity index (χ3v) is 5.71. The second kappa shape index (κ2) is 6.28. The molecule has 0 bridgehead atoms. The number of rotatable bonds is 5. The second-order valence-corrected chi connectivity index (χ2v) is 7.51. The molecule has 1 aromatic carbocycles. The number of fused-ring (bicyclic) bond motifs is 1. The highest BCUT2D eigenvalue weighted by molar-refractivity contribution is 5.75. The van der Waals surface area contributed by atoms with E-state index in [9.17, 15) is 9.90 Å². The smallest absolute Gasteiger partial charge is 0.315 e. The molecule has 2 atom stereocenters. The van der Waals surface area contributed by atoms with Gasteiger partial charge in [0.1, 0.15) is 11.4 Å². The van der Waals surface area contributed by atoms with Gasteiger partial charge in [-0.3, -0.25) is 0 Å². The zero-order valence-corrected chi connectivity index (χ0v) is 14.0. The summed E-state index contributed by atoms with van der Waals surface area (Å²) in [6, 6.07) is 7.96. The second-order valence-electron chi connectivity index (χ2n) is 7.51. The van der Waals surface area contributed by atoms with Crippen LogP contribution in [0.4, 0.5) is 4.79 Å². The summed E-state index contributed by atoms with van der Waals surface area (Å²) in [4.78, 5) is 12.5. The molecule has 5 heteroatoms. The maximum Gasteiger partial charge on any atom is 0.315 e. The van der Waals surface area contributed by atoms with Gasteiger partial charge in [-0.2, -0.15) is 0 Å². The van der Waals surface area contributed by atoms with Gasteiger partial charge in [-0.1, -0.05) is 18.2 Å². The SMILES string of the molecule is O=C(NC1CC2(CCC2)Oc2ccccc21)NC(CCO)C1CC1. The monoisotopic (exact) mass is 330 g/mol. The molecule has 3 N–H and O–H groups in total. The Labute approximate surface area is 142 Å². The molecule has 4 rings (SSSR count). The van der Waals surface area contributed by atoms with Crippen molar-refractivity contribution in [3.63, 3.8) is 0 Å². The number of urea groups is 1. The van der Waals surface area contributed by atoms with Crippen molar-refractivity contribution < 1.29 is 14.6 Å². The number of carbonyl (C=O) groups is 1. The van der Waals surface area contributed by atoms with Crippen LogP contribution in [0.15, 0.2) is 24.3 Å². The van der Waals surface area contributed by atoms with E-state index in [-0.39, 0.29) is 30.3 Å². The average molecular weight is 330 g/mol. The molecule has 0 radical (unpaired) electrons. The minimum atomic E-state index is -0.128. The zero-order chi connectivity index (χ0) is 16.6. The third-order valence-electron chi connectivity index (χ3n) is 5.71. The number of hydrogen-bond donors (Lipinski definition) is 3. The summed E-state index contributed by atoms with van der Waals surface area (Å²) in [5.41, 5.74) is 0.975. The van der Waals surface area contributed by atoms with E-state index >= 15 is 0 Å². The molecular weight excluding hydrogens is 304 g/mol. The number of para-hydroxylation sites is 1. The molecule has 1 aromatic rings. The number of carbonyl (C=O) groups excluding carboxylic acids is 1. The zero-order valence-electron chi connectivity index (χ0n) is 14.0. The number of ether oxygens (including phenoxy) is 1. The summed E-state index contributed by atoms with van der Waals surface area (Å²) in [5, 5.41) is 15.4. The number of aliphatic hydroxyl groups is 1. The molecule has 130 valence electrons. The highest BCUT2D eigenvalue weighted by atomic mass is 16.5. The molecule has 2 saturated carbocycles. The van der Waals surface area contributed by atoms with Crippen LogP contribution in [0.5, 0.6) is 5.75 Å². The van der Waals surface area contributed by atoms with Gasteiger partial charge in [-0.15, -0.1) is 0 Å². The van der Waals surface area contributed by atoms with E-state index in [0.717, 1.165) is 43.4 Å². The van der Waals surface area contributed by atoms with Crippen molar-refractivity contribution in [2.75, 3.05) is 6.61 Å². The first-order valence-corrected chi connectivity index (χ1v) is 9.15. The van der Waals surface area contributed by atoms with Gasteiger partial charge in [0.15, 0.2) is 0 Å². The van der Waals surface area contributed by atoms with Crippen LogP contribution in [0.1, 0.15) is 56.6 Å². The van der Waals surface area contributed by atoms with Gasteiger partial charge in [-0.05, 0) is 50.5 Å². The summed E-state index contributed by atoms with van der Waals surface area (Å²) in [6.45, 7) is 0.116. The van der Waals surface area contributed by atoms with E-state index in [1.54, 1.807) is 0 Å². The summed E-state index contributed by atoms with van der Waals surface area (Å²) in [7, 11) is 0. The van der Waals surface area contributed by atoms with Gasteiger partial charge in [0.2, 0.25) is 0 Å². The van der Waals surface area contributed by atoms with Crippen LogP contribution in [0, 0.1) is 5.92 Å². The van der Waals surface area contributed by atoms with Crippen molar-refractivity contribution in [3.8, 4) is 5.75 Å². The van der Waals surface area contributed by atoms with Crippen LogP contribution >= 0.6 is 0 Å². The average Bonchev–Trinajstić information content (AvgIpc) is 3.37. The van der Waals surface area contributed by atoms with Crippen LogP contribution in [0.2, 0.25) is 0 Å². The van der Waals surface area contributed by atoms with E-state index in [2.05, 4.69) is 10.6 Å². The lowest BCUT2D eigenvalue weighted by Gasteiger charge is -2.48. The first-order chi connectivity index (χ1) is 11.7.